The van der Waals surface area contributed by atoms with Gasteiger partial charge in [0.2, 0.25) is 0 Å². The summed E-state index contributed by atoms with van der Waals surface area (Å²) >= 11 is 0. The maximum absolute atomic E-state index is 12.7. The Bertz CT molecular complexity index is 717. The molecule has 0 unspecified atom stereocenters. The summed E-state index contributed by atoms with van der Waals surface area (Å²) in [6, 6.07) is 2.02. The van der Waals surface area contributed by atoms with Gasteiger partial charge in [-0.2, -0.15) is 5.10 Å². The van der Waals surface area contributed by atoms with Crippen molar-refractivity contribution in [3.63, 3.8) is 0 Å². The quantitative estimate of drug-likeness (QED) is 0.941. The van der Waals surface area contributed by atoms with Gasteiger partial charge in [0.25, 0.3) is 5.91 Å². The fourth-order valence-electron chi connectivity index (χ4n) is 3.08. The smallest absolute Gasteiger partial charge is 0.252 e. The molecule has 6 heteroatoms. The number of ether oxygens (including phenoxy) is 1. The van der Waals surface area contributed by atoms with Gasteiger partial charge in [0.1, 0.15) is 0 Å². The summed E-state index contributed by atoms with van der Waals surface area (Å²) in [4.78, 5) is 17.3. The SMILES string of the molecule is Cc1cc(C(=O)N[C@H](C)[C@H]2CCCO2)c2cnn(C(C)C)c2n1. The topological polar surface area (TPSA) is 69.0 Å². The summed E-state index contributed by atoms with van der Waals surface area (Å²) in [6.07, 6.45) is 3.89. The Hall–Kier alpha value is -1.95. The van der Waals surface area contributed by atoms with Crippen molar-refractivity contribution in [1.82, 2.24) is 20.1 Å². The summed E-state index contributed by atoms with van der Waals surface area (Å²) in [5.41, 5.74) is 2.20. The van der Waals surface area contributed by atoms with Crippen molar-refractivity contribution in [3.05, 3.63) is 23.5 Å². The second-order valence-corrected chi connectivity index (χ2v) is 6.54. The molecule has 2 aromatic rings. The lowest BCUT2D eigenvalue weighted by Gasteiger charge is -2.20. The first kappa shape index (κ1) is 15.9. The number of pyridine rings is 1. The molecule has 1 aliphatic rings. The van der Waals surface area contributed by atoms with Gasteiger partial charge in [-0.3, -0.25) is 4.79 Å². The lowest BCUT2D eigenvalue weighted by Crippen LogP contribution is -2.40. The molecule has 2 atom stereocenters. The Balaban J connectivity index is 1.90. The summed E-state index contributed by atoms with van der Waals surface area (Å²) in [6.45, 7) is 8.78. The van der Waals surface area contributed by atoms with Gasteiger partial charge >= 0.3 is 0 Å². The Kier molecular flexibility index (Phi) is 4.35. The number of fused-ring (bicyclic) bond motifs is 1. The fraction of sp³-hybridized carbons (Fsp3) is 0.588. The van der Waals surface area contributed by atoms with Crippen molar-refractivity contribution in [1.29, 1.82) is 0 Å². The molecule has 23 heavy (non-hydrogen) atoms. The number of aryl methyl sites for hydroxylation is 1. The number of carbonyl (C=O) groups excluding carboxylic acids is 1. The van der Waals surface area contributed by atoms with E-state index in [0.717, 1.165) is 36.2 Å². The van der Waals surface area contributed by atoms with Crippen LogP contribution in [-0.4, -0.2) is 39.4 Å². The largest absolute Gasteiger partial charge is 0.376 e. The second kappa shape index (κ2) is 6.28. The monoisotopic (exact) mass is 316 g/mol. The maximum Gasteiger partial charge on any atom is 0.252 e. The lowest BCUT2D eigenvalue weighted by molar-refractivity contribution is 0.0713. The second-order valence-electron chi connectivity index (χ2n) is 6.54. The van der Waals surface area contributed by atoms with Crippen LogP contribution in [0.1, 0.15) is 55.7 Å². The highest BCUT2D eigenvalue weighted by Crippen LogP contribution is 2.22. The highest BCUT2D eigenvalue weighted by molar-refractivity contribution is 6.05. The van der Waals surface area contributed by atoms with Gasteiger partial charge in [0, 0.05) is 18.3 Å². The molecule has 2 aromatic heterocycles. The molecule has 124 valence electrons. The zero-order chi connectivity index (χ0) is 16.6. The molecule has 3 heterocycles. The molecular formula is C17H24N4O2. The Morgan fingerprint density at radius 3 is 2.87 bits per heavy atom. The minimum atomic E-state index is -0.0909. The molecule has 0 saturated carbocycles. The van der Waals surface area contributed by atoms with E-state index in [9.17, 15) is 4.79 Å². The third-order valence-corrected chi connectivity index (χ3v) is 4.31. The first-order valence-electron chi connectivity index (χ1n) is 8.24. The van der Waals surface area contributed by atoms with Crippen molar-refractivity contribution in [2.75, 3.05) is 6.61 Å². The molecule has 1 aliphatic heterocycles. The summed E-state index contributed by atoms with van der Waals surface area (Å²) in [7, 11) is 0. The van der Waals surface area contributed by atoms with Crippen molar-refractivity contribution in [2.45, 2.75) is 58.7 Å². The van der Waals surface area contributed by atoms with Crippen LogP contribution >= 0.6 is 0 Å². The van der Waals surface area contributed by atoms with E-state index in [1.54, 1.807) is 6.20 Å². The zero-order valence-corrected chi connectivity index (χ0v) is 14.2. The van der Waals surface area contributed by atoms with Crippen molar-refractivity contribution >= 4 is 16.9 Å². The van der Waals surface area contributed by atoms with Crippen LogP contribution in [0.5, 0.6) is 0 Å². The van der Waals surface area contributed by atoms with E-state index in [1.807, 2.05) is 24.6 Å². The van der Waals surface area contributed by atoms with Crippen molar-refractivity contribution in [2.24, 2.45) is 0 Å². The number of hydrogen-bond donors (Lipinski definition) is 1. The number of rotatable bonds is 4. The van der Waals surface area contributed by atoms with Gasteiger partial charge in [-0.15, -0.1) is 0 Å². The van der Waals surface area contributed by atoms with Crippen molar-refractivity contribution < 1.29 is 9.53 Å². The van der Waals surface area contributed by atoms with Crippen LogP contribution in [0, 0.1) is 6.92 Å². The molecule has 0 bridgehead atoms. The Morgan fingerprint density at radius 1 is 1.43 bits per heavy atom. The number of hydrogen-bond acceptors (Lipinski definition) is 4. The normalized spacial score (nSPS) is 19.4. The average Bonchev–Trinajstić information content (AvgIpc) is 3.15. The van der Waals surface area contributed by atoms with E-state index >= 15 is 0 Å². The van der Waals surface area contributed by atoms with Gasteiger partial charge in [0.05, 0.1) is 29.3 Å². The maximum atomic E-state index is 12.7. The minimum Gasteiger partial charge on any atom is -0.376 e. The molecule has 0 radical (unpaired) electrons. The van der Waals surface area contributed by atoms with Gasteiger partial charge in [0.15, 0.2) is 5.65 Å². The van der Waals surface area contributed by atoms with E-state index in [0.29, 0.717) is 5.56 Å². The summed E-state index contributed by atoms with van der Waals surface area (Å²) in [5.74, 6) is -0.0909. The lowest BCUT2D eigenvalue weighted by atomic mass is 10.1. The van der Waals surface area contributed by atoms with Crippen LogP contribution in [0.2, 0.25) is 0 Å². The van der Waals surface area contributed by atoms with Crippen LogP contribution in [0.4, 0.5) is 0 Å². The molecule has 1 saturated heterocycles. The molecule has 0 spiro atoms. The van der Waals surface area contributed by atoms with E-state index in [1.165, 1.54) is 0 Å². The number of carbonyl (C=O) groups is 1. The van der Waals surface area contributed by atoms with E-state index in [2.05, 4.69) is 29.2 Å². The molecule has 6 nitrogen and oxygen atoms in total. The highest BCUT2D eigenvalue weighted by atomic mass is 16.5. The zero-order valence-electron chi connectivity index (χ0n) is 14.2. The molecule has 1 amide bonds. The number of aromatic nitrogens is 3. The van der Waals surface area contributed by atoms with Crippen LogP contribution in [0.15, 0.2) is 12.3 Å². The molecule has 0 aliphatic carbocycles. The number of amides is 1. The number of nitrogens with one attached hydrogen (secondary N) is 1. The Labute approximate surface area is 136 Å². The highest BCUT2D eigenvalue weighted by Gasteiger charge is 2.25. The predicted molar refractivity (Wildman–Crippen MR) is 88.6 cm³/mol. The molecule has 1 fully saturated rings. The van der Waals surface area contributed by atoms with E-state index < -0.39 is 0 Å². The average molecular weight is 316 g/mol. The molecule has 1 N–H and O–H groups in total. The predicted octanol–water partition coefficient (Wildman–Crippen LogP) is 2.62. The van der Waals surface area contributed by atoms with Crippen LogP contribution in [0.3, 0.4) is 0 Å². The van der Waals surface area contributed by atoms with Crippen LogP contribution in [-0.2, 0) is 4.74 Å². The molecule has 3 rings (SSSR count). The van der Waals surface area contributed by atoms with E-state index in [4.69, 9.17) is 4.74 Å². The minimum absolute atomic E-state index is 0.00587. The number of nitrogens with zero attached hydrogens (tertiary/aromatic N) is 3. The third kappa shape index (κ3) is 3.08. The van der Waals surface area contributed by atoms with Crippen LogP contribution < -0.4 is 5.32 Å². The van der Waals surface area contributed by atoms with E-state index in [-0.39, 0.29) is 24.1 Å². The summed E-state index contributed by atoms with van der Waals surface area (Å²) < 4.78 is 7.50. The standard InChI is InChI=1S/C17H24N4O2/c1-10(2)21-16-14(9-18-21)13(8-11(3)19-16)17(22)20-12(4)15-6-5-7-23-15/h8-10,12,15H,5-7H2,1-4H3,(H,20,22)/t12-,15-/m1/s1. The van der Waals surface area contributed by atoms with Gasteiger partial charge in [-0.1, -0.05) is 0 Å². The summed E-state index contributed by atoms with van der Waals surface area (Å²) in [5, 5.41) is 8.25. The van der Waals surface area contributed by atoms with Gasteiger partial charge in [-0.05, 0) is 46.6 Å². The first-order valence-corrected chi connectivity index (χ1v) is 8.24. The van der Waals surface area contributed by atoms with Gasteiger partial charge in [-0.25, -0.2) is 9.67 Å². The first-order chi connectivity index (χ1) is 11.0. The Morgan fingerprint density at radius 2 is 2.22 bits per heavy atom. The van der Waals surface area contributed by atoms with Crippen molar-refractivity contribution in [3.8, 4) is 0 Å². The molecule has 0 aromatic carbocycles. The van der Waals surface area contributed by atoms with Crippen LogP contribution in [0.25, 0.3) is 11.0 Å². The fourth-order valence-corrected chi connectivity index (χ4v) is 3.08. The third-order valence-electron chi connectivity index (χ3n) is 4.31. The van der Waals surface area contributed by atoms with Gasteiger partial charge < -0.3 is 10.1 Å². The molecular weight excluding hydrogens is 292 g/mol.